The third-order valence-electron chi connectivity index (χ3n) is 8.16. The summed E-state index contributed by atoms with van der Waals surface area (Å²) >= 11 is 0. The lowest BCUT2D eigenvalue weighted by Gasteiger charge is -2.26. The van der Waals surface area contributed by atoms with Crippen LogP contribution in [-0.2, 0) is 10.8 Å². The average Bonchev–Trinajstić information content (AvgIpc) is 3.38. The van der Waals surface area contributed by atoms with Gasteiger partial charge in [-0.3, -0.25) is 0 Å². The van der Waals surface area contributed by atoms with E-state index in [1.165, 1.54) is 61.2 Å². The third-order valence-corrected chi connectivity index (χ3v) is 8.16. The first kappa shape index (κ1) is 18.9. The quantitative estimate of drug-likeness (QED) is 0.255. The lowest BCUT2D eigenvalue weighted by Crippen LogP contribution is -2.20. The molecule has 0 unspecified atom stereocenters. The first-order valence-electron chi connectivity index (χ1n) is 11.9. The third kappa shape index (κ3) is 2.23. The van der Waals surface area contributed by atoms with Gasteiger partial charge in [-0.15, -0.1) is 0 Å². The summed E-state index contributed by atoms with van der Waals surface area (Å²) in [6.45, 7) is 9.47. The van der Waals surface area contributed by atoms with Crippen molar-refractivity contribution in [2.45, 2.75) is 38.5 Å². The van der Waals surface area contributed by atoms with Gasteiger partial charge in [0.15, 0.2) is 0 Å². The molecule has 0 aliphatic heterocycles. The molecule has 0 saturated heterocycles. The maximum absolute atomic E-state index is 2.53. The Bertz CT molecular complexity index is 1610. The van der Waals surface area contributed by atoms with Crippen molar-refractivity contribution in [2.24, 2.45) is 0 Å². The fraction of sp³-hybridized carbons (Fsp3) is 0.188. The molecule has 1 heterocycles. The van der Waals surface area contributed by atoms with Gasteiger partial charge in [0, 0.05) is 33.2 Å². The second kappa shape index (κ2) is 6.05. The predicted octanol–water partition coefficient (Wildman–Crippen LogP) is 8.24. The molecule has 4 aromatic carbocycles. The van der Waals surface area contributed by atoms with Crippen LogP contribution in [0.1, 0.15) is 50.1 Å². The summed E-state index contributed by atoms with van der Waals surface area (Å²) in [6.07, 6.45) is 0. The summed E-state index contributed by atoms with van der Waals surface area (Å²) in [5, 5.41) is 1.34. The molecule has 0 bridgehead atoms. The van der Waals surface area contributed by atoms with Crippen molar-refractivity contribution in [3.05, 3.63) is 113 Å². The first-order valence-corrected chi connectivity index (χ1v) is 11.9. The standard InChI is InChI=1S/C32H27N/c1-31(2)25-14-8-5-11-21(25)22-18-17-20(19-27(22)31)33-28-16-10-7-13-24(28)29-23-12-6-9-15-26(23)32(3,4)30(29)33/h5-19H,1-4H3. The number of fused-ring (bicyclic) bond motifs is 8. The minimum atomic E-state index is -0.0670. The Hall–Kier alpha value is -3.58. The fourth-order valence-electron chi connectivity index (χ4n) is 6.58. The Kier molecular flexibility index (Phi) is 3.47. The van der Waals surface area contributed by atoms with E-state index in [1.54, 1.807) is 0 Å². The SMILES string of the molecule is CC1(C)c2ccccc2-c2ccc(-n3c4c(c5ccccc53)-c3ccccc3C4(C)C)cc21. The van der Waals surface area contributed by atoms with E-state index in [2.05, 4.69) is 123 Å². The van der Waals surface area contributed by atoms with Crippen LogP contribution in [0.4, 0.5) is 0 Å². The van der Waals surface area contributed by atoms with E-state index in [-0.39, 0.29) is 10.8 Å². The molecule has 160 valence electrons. The summed E-state index contributed by atoms with van der Waals surface area (Å²) < 4.78 is 2.53. The number of aromatic nitrogens is 1. The van der Waals surface area contributed by atoms with Crippen molar-refractivity contribution < 1.29 is 0 Å². The van der Waals surface area contributed by atoms with Gasteiger partial charge in [0.1, 0.15) is 0 Å². The molecule has 2 aliphatic carbocycles. The van der Waals surface area contributed by atoms with Gasteiger partial charge in [-0.25, -0.2) is 0 Å². The molecule has 0 fully saturated rings. The zero-order chi connectivity index (χ0) is 22.5. The zero-order valence-electron chi connectivity index (χ0n) is 19.6. The highest BCUT2D eigenvalue weighted by Gasteiger charge is 2.41. The monoisotopic (exact) mass is 425 g/mol. The van der Waals surface area contributed by atoms with Crippen LogP contribution in [-0.4, -0.2) is 4.57 Å². The molecule has 7 rings (SSSR count). The number of nitrogens with zero attached hydrogens (tertiary/aromatic N) is 1. The van der Waals surface area contributed by atoms with Crippen LogP contribution in [0.25, 0.3) is 38.8 Å². The van der Waals surface area contributed by atoms with Gasteiger partial charge in [0.2, 0.25) is 0 Å². The van der Waals surface area contributed by atoms with E-state index >= 15 is 0 Å². The van der Waals surface area contributed by atoms with E-state index in [0.29, 0.717) is 0 Å². The zero-order valence-corrected chi connectivity index (χ0v) is 19.6. The highest BCUT2D eigenvalue weighted by atomic mass is 15.0. The fourth-order valence-corrected chi connectivity index (χ4v) is 6.58. The summed E-state index contributed by atoms with van der Waals surface area (Å²) in [4.78, 5) is 0. The van der Waals surface area contributed by atoms with Gasteiger partial charge in [-0.1, -0.05) is 100 Å². The molecule has 33 heavy (non-hydrogen) atoms. The molecule has 1 heteroatoms. The molecule has 0 spiro atoms. The molecular weight excluding hydrogens is 398 g/mol. The Morgan fingerprint density at radius 1 is 0.545 bits per heavy atom. The van der Waals surface area contributed by atoms with Gasteiger partial charge in [-0.05, 0) is 51.6 Å². The van der Waals surface area contributed by atoms with Crippen LogP contribution in [0.5, 0.6) is 0 Å². The molecule has 0 radical (unpaired) electrons. The second-order valence-corrected chi connectivity index (χ2v) is 10.6. The Morgan fingerprint density at radius 2 is 1.15 bits per heavy atom. The van der Waals surface area contributed by atoms with Gasteiger partial charge < -0.3 is 4.57 Å². The second-order valence-electron chi connectivity index (χ2n) is 10.6. The maximum atomic E-state index is 2.53. The molecule has 0 N–H and O–H groups in total. The van der Waals surface area contributed by atoms with E-state index in [1.807, 2.05) is 0 Å². The Labute approximate surface area is 195 Å². The number of hydrogen-bond donors (Lipinski definition) is 0. The minimum Gasteiger partial charge on any atom is -0.312 e. The first-order chi connectivity index (χ1) is 15.9. The molecule has 0 saturated carbocycles. The maximum Gasteiger partial charge on any atom is 0.0538 e. The highest BCUT2D eigenvalue weighted by Crippen LogP contribution is 2.54. The van der Waals surface area contributed by atoms with Crippen LogP contribution in [0, 0.1) is 0 Å². The van der Waals surface area contributed by atoms with Crippen molar-refractivity contribution in [3.8, 4) is 27.9 Å². The van der Waals surface area contributed by atoms with Crippen molar-refractivity contribution >= 4 is 10.9 Å². The number of rotatable bonds is 1. The number of para-hydroxylation sites is 1. The topological polar surface area (TPSA) is 4.93 Å². The van der Waals surface area contributed by atoms with Crippen LogP contribution in [0.3, 0.4) is 0 Å². The number of benzene rings is 4. The summed E-state index contributed by atoms with van der Waals surface area (Å²) in [5.74, 6) is 0. The van der Waals surface area contributed by atoms with Gasteiger partial charge in [0.05, 0.1) is 5.52 Å². The summed E-state index contributed by atoms with van der Waals surface area (Å²) in [6, 6.07) is 33.8. The van der Waals surface area contributed by atoms with Crippen molar-refractivity contribution in [3.63, 3.8) is 0 Å². The van der Waals surface area contributed by atoms with Crippen LogP contribution < -0.4 is 0 Å². The van der Waals surface area contributed by atoms with Crippen LogP contribution in [0.15, 0.2) is 91.0 Å². The predicted molar refractivity (Wildman–Crippen MR) is 138 cm³/mol. The van der Waals surface area contributed by atoms with E-state index < -0.39 is 0 Å². The number of hydrogen-bond acceptors (Lipinski definition) is 0. The van der Waals surface area contributed by atoms with Gasteiger partial charge >= 0.3 is 0 Å². The van der Waals surface area contributed by atoms with Gasteiger partial charge in [0.25, 0.3) is 0 Å². The minimum absolute atomic E-state index is 0.00739. The molecule has 0 amide bonds. The molecule has 1 nitrogen and oxygen atoms in total. The van der Waals surface area contributed by atoms with Crippen LogP contribution in [0.2, 0.25) is 0 Å². The average molecular weight is 426 g/mol. The highest BCUT2D eigenvalue weighted by molar-refractivity contribution is 6.03. The van der Waals surface area contributed by atoms with E-state index in [9.17, 15) is 0 Å². The Balaban J connectivity index is 1.56. The van der Waals surface area contributed by atoms with Crippen molar-refractivity contribution in [2.75, 3.05) is 0 Å². The van der Waals surface area contributed by atoms with E-state index in [0.717, 1.165) is 0 Å². The lowest BCUT2D eigenvalue weighted by molar-refractivity contribution is 0.622. The lowest BCUT2D eigenvalue weighted by atomic mass is 9.82. The normalized spacial score (nSPS) is 16.4. The van der Waals surface area contributed by atoms with Crippen molar-refractivity contribution in [1.29, 1.82) is 0 Å². The molecule has 0 atom stereocenters. The van der Waals surface area contributed by atoms with Gasteiger partial charge in [-0.2, -0.15) is 0 Å². The smallest absolute Gasteiger partial charge is 0.0538 e. The molecular formula is C32H27N. The molecule has 5 aromatic rings. The largest absolute Gasteiger partial charge is 0.312 e. The summed E-state index contributed by atoms with van der Waals surface area (Å²) in [5.41, 5.74) is 13.7. The van der Waals surface area contributed by atoms with E-state index in [4.69, 9.17) is 0 Å². The summed E-state index contributed by atoms with van der Waals surface area (Å²) in [7, 11) is 0. The Morgan fingerprint density at radius 3 is 1.94 bits per heavy atom. The van der Waals surface area contributed by atoms with Crippen LogP contribution >= 0.6 is 0 Å². The van der Waals surface area contributed by atoms with Crippen molar-refractivity contribution in [1.82, 2.24) is 4.57 Å². The molecule has 2 aliphatic rings. The molecule has 1 aromatic heterocycles.